The monoisotopic (exact) mass is 273 g/mol. The lowest BCUT2D eigenvalue weighted by molar-refractivity contribution is 0.112. The third-order valence-electron chi connectivity index (χ3n) is 2.44. The van der Waals surface area contributed by atoms with Crippen LogP contribution >= 0.6 is 11.6 Å². The third kappa shape index (κ3) is 2.67. The van der Waals surface area contributed by atoms with Crippen LogP contribution < -0.4 is 4.74 Å². The molecular formula is C14H8ClNO3. The maximum atomic E-state index is 10.7. The highest BCUT2D eigenvalue weighted by Gasteiger charge is 2.11. The molecule has 0 aromatic heterocycles. The molecule has 0 amide bonds. The van der Waals surface area contributed by atoms with E-state index in [0.29, 0.717) is 11.3 Å². The summed E-state index contributed by atoms with van der Waals surface area (Å²) in [6.45, 7) is 0. The number of ether oxygens (including phenoxy) is 1. The molecule has 2 rings (SSSR count). The number of aromatic hydroxyl groups is 1. The zero-order chi connectivity index (χ0) is 13.8. The van der Waals surface area contributed by atoms with Crippen molar-refractivity contribution in [2.75, 3.05) is 0 Å². The Morgan fingerprint density at radius 3 is 2.74 bits per heavy atom. The van der Waals surface area contributed by atoms with Crippen molar-refractivity contribution in [3.8, 4) is 23.3 Å². The summed E-state index contributed by atoms with van der Waals surface area (Å²) in [5, 5.41) is 19.2. The standard InChI is InChI=1S/C14H8ClNO3/c15-11-5-4-9(7-16)13(6-11)19-12-3-1-2-10(8-17)14(12)18/h1-6,8,18H. The topological polar surface area (TPSA) is 70.3 Å². The van der Waals surface area contributed by atoms with Crippen molar-refractivity contribution in [1.29, 1.82) is 5.26 Å². The van der Waals surface area contributed by atoms with E-state index in [1.54, 1.807) is 12.1 Å². The fourth-order valence-electron chi connectivity index (χ4n) is 1.51. The van der Waals surface area contributed by atoms with Gasteiger partial charge >= 0.3 is 0 Å². The van der Waals surface area contributed by atoms with Crippen molar-refractivity contribution in [1.82, 2.24) is 0 Å². The van der Waals surface area contributed by atoms with Crippen LogP contribution in [0.3, 0.4) is 0 Å². The maximum Gasteiger partial charge on any atom is 0.169 e. The number of carbonyl (C=O) groups excluding carboxylic acids is 1. The van der Waals surface area contributed by atoms with Gasteiger partial charge in [0.05, 0.1) is 11.1 Å². The van der Waals surface area contributed by atoms with E-state index in [9.17, 15) is 9.90 Å². The molecule has 1 N–H and O–H groups in total. The summed E-state index contributed by atoms with van der Waals surface area (Å²) in [5.74, 6) is 0.0260. The van der Waals surface area contributed by atoms with Gasteiger partial charge in [-0.25, -0.2) is 0 Å². The fraction of sp³-hybridized carbons (Fsp3) is 0. The predicted molar refractivity (Wildman–Crippen MR) is 69.7 cm³/mol. The van der Waals surface area contributed by atoms with E-state index in [1.165, 1.54) is 24.3 Å². The average Bonchev–Trinajstić information content (AvgIpc) is 2.41. The number of halogens is 1. The highest BCUT2D eigenvalue weighted by atomic mass is 35.5. The number of aldehydes is 1. The quantitative estimate of drug-likeness (QED) is 0.869. The molecular weight excluding hydrogens is 266 g/mol. The molecule has 2 aromatic carbocycles. The van der Waals surface area contributed by atoms with E-state index in [-0.39, 0.29) is 28.4 Å². The van der Waals surface area contributed by atoms with Gasteiger partial charge in [-0.2, -0.15) is 5.26 Å². The summed E-state index contributed by atoms with van der Waals surface area (Å²) in [5.41, 5.74) is 0.387. The van der Waals surface area contributed by atoms with E-state index in [1.807, 2.05) is 6.07 Å². The Kier molecular flexibility index (Phi) is 3.69. The lowest BCUT2D eigenvalue weighted by Crippen LogP contribution is -1.91. The number of para-hydroxylation sites is 1. The van der Waals surface area contributed by atoms with Gasteiger partial charge in [0, 0.05) is 11.1 Å². The number of nitrogens with zero attached hydrogens (tertiary/aromatic N) is 1. The van der Waals surface area contributed by atoms with Gasteiger partial charge in [-0.1, -0.05) is 17.7 Å². The van der Waals surface area contributed by atoms with Crippen LogP contribution in [0.25, 0.3) is 0 Å². The van der Waals surface area contributed by atoms with Gasteiger partial charge in [0.25, 0.3) is 0 Å². The van der Waals surface area contributed by atoms with Crippen molar-refractivity contribution >= 4 is 17.9 Å². The van der Waals surface area contributed by atoms with E-state index in [4.69, 9.17) is 21.6 Å². The number of carbonyl (C=O) groups is 1. The average molecular weight is 274 g/mol. The van der Waals surface area contributed by atoms with Gasteiger partial charge in [-0.15, -0.1) is 0 Å². The van der Waals surface area contributed by atoms with Gasteiger partial charge in [0.2, 0.25) is 0 Å². The minimum Gasteiger partial charge on any atom is -0.504 e. The van der Waals surface area contributed by atoms with E-state index in [2.05, 4.69) is 0 Å². The molecule has 94 valence electrons. The first kappa shape index (κ1) is 12.9. The summed E-state index contributed by atoms with van der Waals surface area (Å²) >= 11 is 5.83. The van der Waals surface area contributed by atoms with Crippen LogP contribution in [0.2, 0.25) is 5.02 Å². The first-order chi connectivity index (χ1) is 9.15. The second kappa shape index (κ2) is 5.42. The van der Waals surface area contributed by atoms with Crippen molar-refractivity contribution < 1.29 is 14.6 Å². The third-order valence-corrected chi connectivity index (χ3v) is 2.68. The second-order valence-corrected chi connectivity index (χ2v) is 4.10. The van der Waals surface area contributed by atoms with Crippen molar-refractivity contribution in [3.63, 3.8) is 0 Å². The largest absolute Gasteiger partial charge is 0.504 e. The Morgan fingerprint density at radius 2 is 2.05 bits per heavy atom. The summed E-state index contributed by atoms with van der Waals surface area (Å²) in [4.78, 5) is 10.7. The zero-order valence-electron chi connectivity index (χ0n) is 9.63. The minimum atomic E-state index is -0.277. The van der Waals surface area contributed by atoms with Crippen LogP contribution in [0.15, 0.2) is 36.4 Å². The molecule has 0 saturated heterocycles. The molecule has 2 aromatic rings. The molecule has 0 unspecified atom stereocenters. The normalized spacial score (nSPS) is 9.68. The SMILES string of the molecule is N#Cc1ccc(Cl)cc1Oc1cccc(C=O)c1O. The molecule has 0 aliphatic heterocycles. The van der Waals surface area contributed by atoms with Gasteiger partial charge in [-0.05, 0) is 24.3 Å². The van der Waals surface area contributed by atoms with E-state index in [0.717, 1.165) is 0 Å². The van der Waals surface area contributed by atoms with Crippen molar-refractivity contribution in [3.05, 3.63) is 52.5 Å². The zero-order valence-corrected chi connectivity index (χ0v) is 10.4. The Balaban J connectivity index is 2.45. The molecule has 0 aliphatic carbocycles. The molecule has 0 saturated carbocycles. The Morgan fingerprint density at radius 1 is 1.26 bits per heavy atom. The molecule has 4 nitrogen and oxygen atoms in total. The predicted octanol–water partition coefficient (Wildman–Crippen LogP) is 3.52. The van der Waals surface area contributed by atoms with Crippen LogP contribution in [-0.4, -0.2) is 11.4 Å². The van der Waals surface area contributed by atoms with Crippen LogP contribution in [0.5, 0.6) is 17.2 Å². The molecule has 0 fully saturated rings. The lowest BCUT2D eigenvalue weighted by atomic mass is 10.2. The molecule has 19 heavy (non-hydrogen) atoms. The molecule has 0 bridgehead atoms. The molecule has 0 spiro atoms. The first-order valence-corrected chi connectivity index (χ1v) is 5.68. The van der Waals surface area contributed by atoms with Crippen molar-refractivity contribution in [2.45, 2.75) is 0 Å². The number of nitriles is 1. The summed E-state index contributed by atoms with van der Waals surface area (Å²) in [6.07, 6.45) is 0.519. The van der Waals surface area contributed by atoms with Gasteiger partial charge in [0.1, 0.15) is 11.8 Å². The van der Waals surface area contributed by atoms with Crippen molar-refractivity contribution in [2.24, 2.45) is 0 Å². The number of hydrogen-bond acceptors (Lipinski definition) is 4. The number of phenols is 1. The molecule has 0 radical (unpaired) electrons. The highest BCUT2D eigenvalue weighted by Crippen LogP contribution is 2.35. The first-order valence-electron chi connectivity index (χ1n) is 5.30. The number of phenolic OH excluding ortho intramolecular Hbond substituents is 1. The van der Waals surface area contributed by atoms with Crippen LogP contribution in [0, 0.1) is 11.3 Å². The molecule has 0 atom stereocenters. The maximum absolute atomic E-state index is 10.7. The smallest absolute Gasteiger partial charge is 0.169 e. The Bertz CT molecular complexity index is 677. The Labute approximate surface area is 114 Å². The van der Waals surface area contributed by atoms with Crippen LogP contribution in [0.4, 0.5) is 0 Å². The molecule has 0 aliphatic rings. The Hall–Kier alpha value is -2.51. The van der Waals surface area contributed by atoms with Crippen LogP contribution in [-0.2, 0) is 0 Å². The molecule has 5 heteroatoms. The second-order valence-electron chi connectivity index (χ2n) is 3.67. The van der Waals surface area contributed by atoms with Gasteiger partial charge < -0.3 is 9.84 Å². The fourth-order valence-corrected chi connectivity index (χ4v) is 1.67. The van der Waals surface area contributed by atoms with E-state index >= 15 is 0 Å². The number of hydrogen-bond donors (Lipinski definition) is 1. The number of rotatable bonds is 3. The van der Waals surface area contributed by atoms with Crippen LogP contribution in [0.1, 0.15) is 15.9 Å². The lowest BCUT2D eigenvalue weighted by Gasteiger charge is -2.10. The number of benzene rings is 2. The van der Waals surface area contributed by atoms with E-state index < -0.39 is 0 Å². The summed E-state index contributed by atoms with van der Waals surface area (Å²) in [6, 6.07) is 11.0. The minimum absolute atomic E-state index is 0.0865. The van der Waals surface area contributed by atoms with Gasteiger partial charge in [-0.3, -0.25) is 4.79 Å². The highest BCUT2D eigenvalue weighted by molar-refractivity contribution is 6.30. The molecule has 0 heterocycles. The summed E-state index contributed by atoms with van der Waals surface area (Å²) < 4.78 is 5.44. The summed E-state index contributed by atoms with van der Waals surface area (Å²) in [7, 11) is 0. The van der Waals surface area contributed by atoms with Gasteiger partial charge in [0.15, 0.2) is 17.8 Å².